The molecule has 0 spiro atoms. The van der Waals surface area contributed by atoms with Crippen LogP contribution < -0.4 is 5.32 Å². The Kier molecular flexibility index (Phi) is 4.02. The molecule has 1 aliphatic rings. The molecule has 12 heavy (non-hydrogen) atoms. The molecule has 0 heterocycles. The van der Waals surface area contributed by atoms with Crippen molar-refractivity contribution in [2.75, 3.05) is 13.2 Å². The third-order valence-electron chi connectivity index (χ3n) is 2.46. The van der Waals surface area contributed by atoms with Gasteiger partial charge in [0.15, 0.2) is 0 Å². The highest BCUT2D eigenvalue weighted by Crippen LogP contribution is 2.35. The third-order valence-corrected chi connectivity index (χ3v) is 2.46. The minimum atomic E-state index is 0.454. The van der Waals surface area contributed by atoms with Crippen molar-refractivity contribution < 1.29 is 4.74 Å². The van der Waals surface area contributed by atoms with Crippen LogP contribution in [0.15, 0.2) is 0 Å². The topological polar surface area (TPSA) is 21.3 Å². The molecule has 1 fully saturated rings. The summed E-state index contributed by atoms with van der Waals surface area (Å²) in [6.07, 6.45) is 3.18. The Hall–Kier alpha value is -0.0800. The predicted octanol–water partition coefficient (Wildman–Crippen LogP) is 1.80. The first-order valence-corrected chi connectivity index (χ1v) is 5.14. The molecular weight excluding hydrogens is 150 g/mol. The lowest BCUT2D eigenvalue weighted by Gasteiger charge is -2.24. The van der Waals surface area contributed by atoms with E-state index in [1.165, 1.54) is 12.8 Å². The van der Waals surface area contributed by atoms with Crippen molar-refractivity contribution in [3.8, 4) is 0 Å². The lowest BCUT2D eigenvalue weighted by Crippen LogP contribution is -2.40. The molecule has 72 valence electrons. The standard InChI is InChI=1S/C10H21NO/c1-4-11-8(3)10(12-5-2)9-6-7-9/h8-11H,4-7H2,1-3H3. The Morgan fingerprint density at radius 3 is 2.50 bits per heavy atom. The molecule has 0 amide bonds. The SMILES string of the molecule is CCNC(C)C(OCC)C1CC1. The number of nitrogens with one attached hydrogen (secondary N) is 1. The molecule has 2 nitrogen and oxygen atoms in total. The molecule has 1 saturated carbocycles. The van der Waals surface area contributed by atoms with E-state index in [1.54, 1.807) is 0 Å². The maximum atomic E-state index is 5.72. The molecule has 0 aromatic heterocycles. The van der Waals surface area contributed by atoms with Crippen molar-refractivity contribution in [2.24, 2.45) is 5.92 Å². The highest BCUT2D eigenvalue weighted by atomic mass is 16.5. The van der Waals surface area contributed by atoms with Gasteiger partial charge in [0.2, 0.25) is 0 Å². The van der Waals surface area contributed by atoms with Crippen molar-refractivity contribution in [2.45, 2.75) is 45.8 Å². The van der Waals surface area contributed by atoms with E-state index >= 15 is 0 Å². The second-order valence-electron chi connectivity index (χ2n) is 3.60. The number of likely N-dealkylation sites (N-methyl/N-ethyl adjacent to an activating group) is 1. The molecule has 0 aromatic carbocycles. The van der Waals surface area contributed by atoms with E-state index in [4.69, 9.17) is 4.74 Å². The van der Waals surface area contributed by atoms with Gasteiger partial charge in [-0.15, -0.1) is 0 Å². The van der Waals surface area contributed by atoms with Crippen LogP contribution in [0, 0.1) is 5.92 Å². The van der Waals surface area contributed by atoms with Crippen LogP contribution in [0.3, 0.4) is 0 Å². The first-order valence-electron chi connectivity index (χ1n) is 5.14. The fraction of sp³-hybridized carbons (Fsp3) is 1.00. The third kappa shape index (κ3) is 2.76. The van der Waals surface area contributed by atoms with Gasteiger partial charge in [-0.25, -0.2) is 0 Å². The van der Waals surface area contributed by atoms with Crippen LogP contribution >= 0.6 is 0 Å². The summed E-state index contributed by atoms with van der Waals surface area (Å²) in [5.74, 6) is 0.832. The number of ether oxygens (including phenoxy) is 1. The molecule has 0 aliphatic heterocycles. The average molecular weight is 171 g/mol. The zero-order chi connectivity index (χ0) is 8.97. The fourth-order valence-electron chi connectivity index (χ4n) is 1.74. The summed E-state index contributed by atoms with van der Waals surface area (Å²) >= 11 is 0. The number of rotatable bonds is 6. The van der Waals surface area contributed by atoms with Crippen molar-refractivity contribution in [1.29, 1.82) is 0 Å². The van der Waals surface area contributed by atoms with E-state index in [1.807, 2.05) is 0 Å². The Morgan fingerprint density at radius 1 is 1.42 bits per heavy atom. The summed E-state index contributed by atoms with van der Waals surface area (Å²) in [7, 11) is 0. The fourth-order valence-corrected chi connectivity index (χ4v) is 1.74. The van der Waals surface area contributed by atoms with Gasteiger partial charge in [-0.3, -0.25) is 0 Å². The predicted molar refractivity (Wildman–Crippen MR) is 51.3 cm³/mol. The zero-order valence-electron chi connectivity index (χ0n) is 8.47. The van der Waals surface area contributed by atoms with Gasteiger partial charge in [-0.2, -0.15) is 0 Å². The Labute approximate surface area is 75.7 Å². The van der Waals surface area contributed by atoms with E-state index in [2.05, 4.69) is 26.1 Å². The summed E-state index contributed by atoms with van der Waals surface area (Å²) in [6.45, 7) is 8.33. The number of hydrogen-bond donors (Lipinski definition) is 1. The van der Waals surface area contributed by atoms with Crippen LogP contribution in [0.25, 0.3) is 0 Å². The first-order chi connectivity index (χ1) is 5.79. The molecule has 0 radical (unpaired) electrons. The smallest absolute Gasteiger partial charge is 0.0753 e. The van der Waals surface area contributed by atoms with Gasteiger partial charge in [-0.1, -0.05) is 6.92 Å². The molecule has 1 N–H and O–H groups in total. The molecule has 0 bridgehead atoms. The molecule has 0 saturated heterocycles. The second-order valence-corrected chi connectivity index (χ2v) is 3.60. The minimum absolute atomic E-state index is 0.454. The molecular formula is C10H21NO. The van der Waals surface area contributed by atoms with E-state index in [0.29, 0.717) is 12.1 Å². The highest BCUT2D eigenvalue weighted by molar-refractivity contribution is 4.88. The molecule has 0 aromatic rings. The Bertz CT molecular complexity index is 123. The summed E-state index contributed by atoms with van der Waals surface area (Å²) in [6, 6.07) is 0.516. The normalized spacial score (nSPS) is 22.2. The van der Waals surface area contributed by atoms with Gasteiger partial charge in [0, 0.05) is 12.6 Å². The number of hydrogen-bond acceptors (Lipinski definition) is 2. The van der Waals surface area contributed by atoms with Crippen LogP contribution in [0.4, 0.5) is 0 Å². The largest absolute Gasteiger partial charge is 0.377 e. The van der Waals surface area contributed by atoms with Crippen molar-refractivity contribution in [3.63, 3.8) is 0 Å². The van der Waals surface area contributed by atoms with E-state index in [-0.39, 0.29) is 0 Å². The van der Waals surface area contributed by atoms with Gasteiger partial charge in [0.05, 0.1) is 6.10 Å². The lowest BCUT2D eigenvalue weighted by atomic mass is 10.1. The summed E-state index contributed by atoms with van der Waals surface area (Å²) in [4.78, 5) is 0. The Balaban J connectivity index is 2.29. The van der Waals surface area contributed by atoms with Gasteiger partial charge in [0.1, 0.15) is 0 Å². The summed E-state index contributed by atoms with van der Waals surface area (Å²) < 4.78 is 5.72. The first kappa shape index (κ1) is 10.0. The lowest BCUT2D eigenvalue weighted by molar-refractivity contribution is 0.0241. The van der Waals surface area contributed by atoms with Gasteiger partial charge in [-0.05, 0) is 39.2 Å². The second kappa shape index (κ2) is 4.83. The van der Waals surface area contributed by atoms with Crippen molar-refractivity contribution in [1.82, 2.24) is 5.32 Å². The van der Waals surface area contributed by atoms with Crippen LogP contribution in [0.1, 0.15) is 33.6 Å². The van der Waals surface area contributed by atoms with Crippen molar-refractivity contribution in [3.05, 3.63) is 0 Å². The van der Waals surface area contributed by atoms with Crippen LogP contribution in [-0.4, -0.2) is 25.3 Å². The van der Waals surface area contributed by atoms with Crippen LogP contribution in [0.2, 0.25) is 0 Å². The van der Waals surface area contributed by atoms with E-state index < -0.39 is 0 Å². The van der Waals surface area contributed by atoms with Gasteiger partial charge < -0.3 is 10.1 Å². The van der Waals surface area contributed by atoms with E-state index in [9.17, 15) is 0 Å². The maximum Gasteiger partial charge on any atom is 0.0753 e. The van der Waals surface area contributed by atoms with E-state index in [0.717, 1.165) is 19.1 Å². The molecule has 2 heteroatoms. The van der Waals surface area contributed by atoms with Crippen molar-refractivity contribution >= 4 is 0 Å². The van der Waals surface area contributed by atoms with Crippen LogP contribution in [-0.2, 0) is 4.74 Å². The summed E-state index contributed by atoms with van der Waals surface area (Å²) in [5.41, 5.74) is 0. The molecule has 2 unspecified atom stereocenters. The Morgan fingerprint density at radius 2 is 2.08 bits per heavy atom. The average Bonchev–Trinajstić information content (AvgIpc) is 2.83. The van der Waals surface area contributed by atoms with Crippen LogP contribution in [0.5, 0.6) is 0 Å². The summed E-state index contributed by atoms with van der Waals surface area (Å²) in [5, 5.41) is 3.43. The minimum Gasteiger partial charge on any atom is -0.377 e. The molecule has 1 aliphatic carbocycles. The monoisotopic (exact) mass is 171 g/mol. The van der Waals surface area contributed by atoms with Gasteiger partial charge >= 0.3 is 0 Å². The quantitative estimate of drug-likeness (QED) is 0.658. The molecule has 1 rings (SSSR count). The zero-order valence-corrected chi connectivity index (χ0v) is 8.47. The maximum absolute atomic E-state index is 5.72. The highest BCUT2D eigenvalue weighted by Gasteiger charge is 2.34. The van der Waals surface area contributed by atoms with Gasteiger partial charge in [0.25, 0.3) is 0 Å². The molecule has 2 atom stereocenters.